The van der Waals surface area contributed by atoms with Crippen LogP contribution in [0.1, 0.15) is 21.0 Å². The average Bonchev–Trinajstić information content (AvgIpc) is 2.82. The van der Waals surface area contributed by atoms with E-state index >= 15 is 0 Å². The predicted octanol–water partition coefficient (Wildman–Crippen LogP) is 2.82. The minimum absolute atomic E-state index is 0. The molecule has 2 aliphatic heterocycles. The molecule has 4 rings (SSSR count). The first-order chi connectivity index (χ1) is 18.2. The zero-order valence-corrected chi connectivity index (χ0v) is 22.1. The lowest BCUT2D eigenvalue weighted by molar-refractivity contribution is -0.347. The first kappa shape index (κ1) is 35.0. The van der Waals surface area contributed by atoms with Gasteiger partial charge in [-0.3, -0.25) is 9.47 Å². The van der Waals surface area contributed by atoms with Gasteiger partial charge in [0.25, 0.3) is 0 Å². The molecule has 20 heteroatoms. The maximum Gasteiger partial charge on any atom is 0.522 e. The van der Waals surface area contributed by atoms with E-state index in [2.05, 4.69) is 44.2 Å². The number of carbonyl (C=O) groups excluding carboxylic acids is 2. The molecular formula is C20H22Cl2F6N6O6. The van der Waals surface area contributed by atoms with Gasteiger partial charge >= 0.3 is 24.7 Å². The molecule has 0 atom stereocenters. The highest BCUT2D eigenvalue weighted by atomic mass is 35.5. The number of nitrogens with zero attached hydrogens (tertiary/aromatic N) is 5. The highest BCUT2D eigenvalue weighted by molar-refractivity contribution is 6.29. The number of alkyl halides is 6. The third-order valence-corrected chi connectivity index (χ3v) is 4.80. The van der Waals surface area contributed by atoms with E-state index in [-0.39, 0.29) is 42.0 Å². The van der Waals surface area contributed by atoms with Gasteiger partial charge in [0.1, 0.15) is 29.7 Å². The van der Waals surface area contributed by atoms with E-state index in [0.29, 0.717) is 18.9 Å². The molecule has 0 amide bonds. The molecule has 0 saturated carbocycles. The Hall–Kier alpha value is -3.06. The summed E-state index contributed by atoms with van der Waals surface area (Å²) in [4.78, 5) is 38.4. The number of carbonyl (C=O) groups is 2. The molecule has 4 heterocycles. The van der Waals surface area contributed by atoms with Gasteiger partial charge in [0.2, 0.25) is 0 Å². The first-order valence-corrected chi connectivity index (χ1v) is 11.0. The summed E-state index contributed by atoms with van der Waals surface area (Å²) < 4.78 is 86.0. The molecule has 0 aliphatic carbocycles. The summed E-state index contributed by atoms with van der Waals surface area (Å²) in [5.74, 6) is -0.793. The normalized spacial score (nSPS) is 15.1. The van der Waals surface area contributed by atoms with E-state index in [9.17, 15) is 35.9 Å². The highest BCUT2D eigenvalue weighted by Crippen LogP contribution is 2.26. The van der Waals surface area contributed by atoms with Gasteiger partial charge in [0.15, 0.2) is 11.4 Å². The van der Waals surface area contributed by atoms with Crippen molar-refractivity contribution in [3.8, 4) is 0 Å². The van der Waals surface area contributed by atoms with Crippen molar-refractivity contribution in [1.82, 2.24) is 25.3 Å². The molecule has 2 aliphatic rings. The maximum absolute atomic E-state index is 11.9. The van der Waals surface area contributed by atoms with Crippen molar-refractivity contribution in [2.75, 3.05) is 45.3 Å². The van der Waals surface area contributed by atoms with Crippen LogP contribution in [-0.4, -0.2) is 97.2 Å². The topological polar surface area (TPSA) is 138 Å². The molecule has 2 fully saturated rings. The fourth-order valence-electron chi connectivity index (χ4n) is 2.71. The standard InChI is InChI=1S/C10H10F3N3O3.C6H5ClN2O2.C4H6F3NO.ClH/c1-18-9(17)7-2-8(15-5-14-7)16-3-6(4-16)19-10(11,12)13;1-11-6(10)4-2-5(7)9-3-8-4;5-4(6,7)9-3-1-8-2-3;/h2,5-6H,3-4H2,1H3;2-3H,1H3;3,8H,1-2H2;1H. The Labute approximate surface area is 233 Å². The number of anilines is 1. The van der Waals surface area contributed by atoms with E-state index in [1.54, 1.807) is 4.90 Å². The van der Waals surface area contributed by atoms with Crippen molar-refractivity contribution in [1.29, 1.82) is 0 Å². The molecular weight excluding hydrogens is 605 g/mol. The van der Waals surface area contributed by atoms with Crippen LogP contribution in [0.3, 0.4) is 0 Å². The SMILES string of the molecule is COC(=O)c1cc(Cl)ncn1.COC(=O)c1cc(N2CC(OC(F)(F)F)C2)ncn1.Cl.FC(F)(F)OC1CNC1. The summed E-state index contributed by atoms with van der Waals surface area (Å²) in [5.41, 5.74) is 0.209. The Balaban J connectivity index is 0.000000324. The van der Waals surface area contributed by atoms with E-state index in [0.717, 1.165) is 6.33 Å². The molecule has 40 heavy (non-hydrogen) atoms. The first-order valence-electron chi connectivity index (χ1n) is 10.6. The molecule has 2 aromatic rings. The van der Waals surface area contributed by atoms with Crippen LogP contribution in [0, 0.1) is 0 Å². The van der Waals surface area contributed by atoms with Gasteiger partial charge in [0.05, 0.1) is 20.3 Å². The lowest BCUT2D eigenvalue weighted by Crippen LogP contribution is -2.54. The van der Waals surface area contributed by atoms with Crippen LogP contribution >= 0.6 is 24.0 Å². The second-order valence-corrected chi connectivity index (χ2v) is 7.79. The van der Waals surface area contributed by atoms with Crippen LogP contribution < -0.4 is 10.2 Å². The summed E-state index contributed by atoms with van der Waals surface area (Å²) >= 11 is 5.49. The zero-order chi connectivity index (χ0) is 29.2. The molecule has 0 spiro atoms. The molecule has 12 nitrogen and oxygen atoms in total. The zero-order valence-electron chi connectivity index (χ0n) is 20.5. The van der Waals surface area contributed by atoms with Crippen LogP contribution in [0.2, 0.25) is 5.15 Å². The molecule has 1 N–H and O–H groups in total. The van der Waals surface area contributed by atoms with E-state index < -0.39 is 36.9 Å². The number of hydrogen-bond acceptors (Lipinski definition) is 12. The van der Waals surface area contributed by atoms with Crippen LogP contribution in [-0.2, 0) is 18.9 Å². The summed E-state index contributed by atoms with van der Waals surface area (Å²) in [6.07, 6.45) is -8.33. The van der Waals surface area contributed by atoms with E-state index in [4.69, 9.17) is 11.6 Å². The number of ether oxygens (including phenoxy) is 4. The summed E-state index contributed by atoms with van der Waals surface area (Å²) in [7, 11) is 2.49. The number of halogens is 8. The van der Waals surface area contributed by atoms with Crippen LogP contribution in [0.25, 0.3) is 0 Å². The van der Waals surface area contributed by atoms with Crippen LogP contribution in [0.4, 0.5) is 32.2 Å². The quantitative estimate of drug-likeness (QED) is 0.297. The summed E-state index contributed by atoms with van der Waals surface area (Å²) in [5, 5.41) is 2.88. The van der Waals surface area contributed by atoms with Crippen molar-refractivity contribution in [3.05, 3.63) is 41.3 Å². The average molecular weight is 627 g/mol. The van der Waals surface area contributed by atoms with Gasteiger partial charge in [-0.2, -0.15) is 0 Å². The van der Waals surface area contributed by atoms with Crippen molar-refractivity contribution in [2.24, 2.45) is 0 Å². The van der Waals surface area contributed by atoms with Gasteiger partial charge in [-0.15, -0.1) is 38.7 Å². The molecule has 2 aromatic heterocycles. The fourth-order valence-corrected chi connectivity index (χ4v) is 2.86. The Kier molecular flexibility index (Phi) is 13.7. The van der Waals surface area contributed by atoms with E-state index in [1.165, 1.54) is 32.7 Å². The van der Waals surface area contributed by atoms with Crippen molar-refractivity contribution in [3.63, 3.8) is 0 Å². The fraction of sp³-hybridized carbons (Fsp3) is 0.500. The Bertz CT molecular complexity index is 1110. The van der Waals surface area contributed by atoms with Gasteiger partial charge in [-0.1, -0.05) is 11.6 Å². The molecule has 0 bridgehead atoms. The monoisotopic (exact) mass is 626 g/mol. The largest absolute Gasteiger partial charge is 0.522 e. The Morgan fingerprint density at radius 3 is 1.73 bits per heavy atom. The Morgan fingerprint density at radius 1 is 0.850 bits per heavy atom. The number of aromatic nitrogens is 4. The van der Waals surface area contributed by atoms with Crippen molar-refractivity contribution < 1.29 is 54.9 Å². The highest BCUT2D eigenvalue weighted by Gasteiger charge is 2.40. The minimum atomic E-state index is -4.64. The molecule has 0 radical (unpaired) electrons. The second kappa shape index (κ2) is 15.7. The number of hydrogen-bond donors (Lipinski definition) is 1. The number of rotatable bonds is 5. The number of nitrogens with one attached hydrogen (secondary N) is 1. The van der Waals surface area contributed by atoms with Crippen LogP contribution in [0.5, 0.6) is 0 Å². The lowest BCUT2D eigenvalue weighted by atomic mass is 10.1. The number of methoxy groups -OCH3 is 2. The maximum atomic E-state index is 11.9. The second-order valence-electron chi connectivity index (χ2n) is 7.41. The molecule has 2 saturated heterocycles. The van der Waals surface area contributed by atoms with Crippen LogP contribution in [0.15, 0.2) is 24.8 Å². The van der Waals surface area contributed by atoms with Gasteiger partial charge in [-0.25, -0.2) is 29.5 Å². The van der Waals surface area contributed by atoms with Gasteiger partial charge in [0, 0.05) is 38.3 Å². The van der Waals surface area contributed by atoms with Gasteiger partial charge in [-0.05, 0) is 0 Å². The number of esters is 2. The van der Waals surface area contributed by atoms with Crippen molar-refractivity contribution in [2.45, 2.75) is 24.9 Å². The molecule has 0 aromatic carbocycles. The molecule has 224 valence electrons. The third-order valence-electron chi connectivity index (χ3n) is 4.59. The third kappa shape index (κ3) is 12.4. The molecule has 0 unspecified atom stereocenters. The minimum Gasteiger partial charge on any atom is -0.464 e. The summed E-state index contributed by atoms with van der Waals surface area (Å²) in [6.45, 7) is 0.716. The smallest absolute Gasteiger partial charge is 0.464 e. The van der Waals surface area contributed by atoms with Crippen molar-refractivity contribution >= 4 is 41.8 Å². The van der Waals surface area contributed by atoms with E-state index in [1.807, 2.05) is 0 Å². The predicted molar refractivity (Wildman–Crippen MR) is 126 cm³/mol. The summed E-state index contributed by atoms with van der Waals surface area (Å²) in [6, 6.07) is 2.70. The Morgan fingerprint density at radius 2 is 1.32 bits per heavy atom. The lowest BCUT2D eigenvalue weighted by Gasteiger charge is -2.39. The van der Waals surface area contributed by atoms with Gasteiger partial charge < -0.3 is 19.7 Å².